The number of benzene rings is 1. The number of halogens is 1. The second-order valence-electron chi connectivity index (χ2n) is 4.03. The molecule has 4 nitrogen and oxygen atoms in total. The number of rotatable bonds is 5. The van der Waals surface area contributed by atoms with Crippen LogP contribution in [0.15, 0.2) is 18.2 Å². The highest BCUT2D eigenvalue weighted by molar-refractivity contribution is 14.1. The van der Waals surface area contributed by atoms with Gasteiger partial charge in [-0.15, -0.1) is 0 Å². The van der Waals surface area contributed by atoms with Gasteiger partial charge in [0.05, 0.1) is 13.2 Å². The Morgan fingerprint density at radius 3 is 3.00 bits per heavy atom. The summed E-state index contributed by atoms with van der Waals surface area (Å²) in [5, 5.41) is 3.28. The third kappa shape index (κ3) is 4.00. The van der Waals surface area contributed by atoms with Crippen molar-refractivity contribution in [1.29, 1.82) is 0 Å². The molecule has 1 unspecified atom stereocenters. The summed E-state index contributed by atoms with van der Waals surface area (Å²) < 4.78 is 18.1. The Morgan fingerprint density at radius 1 is 1.39 bits per heavy atom. The van der Waals surface area contributed by atoms with Crippen LogP contribution in [0.5, 0.6) is 11.5 Å². The van der Waals surface area contributed by atoms with Gasteiger partial charge in [0.15, 0.2) is 11.5 Å². The van der Waals surface area contributed by atoms with Crippen molar-refractivity contribution >= 4 is 22.6 Å². The zero-order chi connectivity index (χ0) is 12.8. The maximum atomic E-state index is 5.79. The highest BCUT2D eigenvalue weighted by Gasteiger charge is 2.15. The average Bonchev–Trinajstić information content (AvgIpc) is 2.39. The molecule has 18 heavy (non-hydrogen) atoms. The summed E-state index contributed by atoms with van der Waals surface area (Å²) >= 11 is 2.26. The summed E-state index contributed by atoms with van der Waals surface area (Å²) in [6.45, 7) is 5.67. The quantitative estimate of drug-likeness (QED) is 0.814. The summed E-state index contributed by atoms with van der Waals surface area (Å²) in [6.07, 6.45) is 0.118. The van der Waals surface area contributed by atoms with Crippen LogP contribution in [0.25, 0.3) is 0 Å². The first-order valence-corrected chi connectivity index (χ1v) is 7.25. The molecule has 0 spiro atoms. The SMILES string of the molecule is CCOc1cc(I)ccc1OCC1CNCCO1. The van der Waals surface area contributed by atoms with Gasteiger partial charge in [0.1, 0.15) is 12.7 Å². The van der Waals surface area contributed by atoms with Gasteiger partial charge in [-0.25, -0.2) is 0 Å². The number of morpholine rings is 1. The van der Waals surface area contributed by atoms with Crippen molar-refractivity contribution in [3.05, 3.63) is 21.8 Å². The molecule has 100 valence electrons. The first-order chi connectivity index (χ1) is 8.79. The van der Waals surface area contributed by atoms with Gasteiger partial charge in [-0.05, 0) is 47.7 Å². The molecule has 5 heteroatoms. The summed E-state index contributed by atoms with van der Waals surface area (Å²) in [4.78, 5) is 0. The minimum atomic E-state index is 0.118. The molecule has 0 bridgehead atoms. The highest BCUT2D eigenvalue weighted by atomic mass is 127. The number of hydrogen-bond donors (Lipinski definition) is 1. The van der Waals surface area contributed by atoms with E-state index in [2.05, 4.69) is 27.9 Å². The monoisotopic (exact) mass is 363 g/mol. The molecule has 0 aromatic heterocycles. The van der Waals surface area contributed by atoms with E-state index in [4.69, 9.17) is 14.2 Å². The molecule has 2 rings (SSSR count). The largest absolute Gasteiger partial charge is 0.490 e. The number of hydrogen-bond acceptors (Lipinski definition) is 4. The average molecular weight is 363 g/mol. The summed E-state index contributed by atoms with van der Waals surface area (Å²) in [7, 11) is 0. The maximum Gasteiger partial charge on any atom is 0.162 e. The Balaban J connectivity index is 1.94. The lowest BCUT2D eigenvalue weighted by molar-refractivity contribution is -0.000354. The molecule has 1 N–H and O–H groups in total. The molecule has 0 radical (unpaired) electrons. The van der Waals surface area contributed by atoms with Gasteiger partial charge in [-0.2, -0.15) is 0 Å². The lowest BCUT2D eigenvalue weighted by atomic mass is 10.3. The fourth-order valence-corrected chi connectivity index (χ4v) is 2.24. The Morgan fingerprint density at radius 2 is 2.28 bits per heavy atom. The molecule has 0 saturated carbocycles. The first-order valence-electron chi connectivity index (χ1n) is 6.17. The van der Waals surface area contributed by atoms with Crippen molar-refractivity contribution in [2.45, 2.75) is 13.0 Å². The van der Waals surface area contributed by atoms with Crippen LogP contribution in [-0.2, 0) is 4.74 Å². The van der Waals surface area contributed by atoms with Crippen molar-refractivity contribution in [2.75, 3.05) is 32.9 Å². The summed E-state index contributed by atoms with van der Waals surface area (Å²) in [5.41, 5.74) is 0. The minimum Gasteiger partial charge on any atom is -0.490 e. The van der Waals surface area contributed by atoms with Gasteiger partial charge in [0.2, 0.25) is 0 Å². The molecule has 1 aromatic rings. The molecule has 0 aliphatic carbocycles. The molecular weight excluding hydrogens is 345 g/mol. The molecule has 1 aromatic carbocycles. The van der Waals surface area contributed by atoms with Crippen molar-refractivity contribution in [3.8, 4) is 11.5 Å². The van der Waals surface area contributed by atoms with E-state index in [0.717, 1.165) is 34.8 Å². The van der Waals surface area contributed by atoms with Crippen LogP contribution in [0.3, 0.4) is 0 Å². The van der Waals surface area contributed by atoms with Crippen LogP contribution >= 0.6 is 22.6 Å². The fraction of sp³-hybridized carbons (Fsp3) is 0.538. The zero-order valence-electron chi connectivity index (χ0n) is 10.4. The Hall–Kier alpha value is -0.530. The Kier molecular flexibility index (Phi) is 5.52. The Bertz CT molecular complexity index is 380. The van der Waals surface area contributed by atoms with Crippen LogP contribution in [0.4, 0.5) is 0 Å². The summed E-state index contributed by atoms with van der Waals surface area (Å²) in [6, 6.07) is 5.95. The van der Waals surface area contributed by atoms with Gasteiger partial charge >= 0.3 is 0 Å². The van der Waals surface area contributed by atoms with E-state index in [1.54, 1.807) is 0 Å². The lowest BCUT2D eigenvalue weighted by Gasteiger charge is -2.24. The van der Waals surface area contributed by atoms with Gasteiger partial charge in [-0.1, -0.05) is 0 Å². The van der Waals surface area contributed by atoms with Gasteiger partial charge in [0, 0.05) is 16.7 Å². The molecule has 1 atom stereocenters. The second-order valence-corrected chi connectivity index (χ2v) is 5.28. The zero-order valence-corrected chi connectivity index (χ0v) is 12.6. The molecule has 1 heterocycles. The van der Waals surface area contributed by atoms with E-state index in [1.165, 1.54) is 0 Å². The molecule has 1 saturated heterocycles. The highest BCUT2D eigenvalue weighted by Crippen LogP contribution is 2.29. The van der Waals surface area contributed by atoms with Crippen molar-refractivity contribution in [2.24, 2.45) is 0 Å². The summed E-state index contributed by atoms with van der Waals surface area (Å²) in [5.74, 6) is 1.58. The van der Waals surface area contributed by atoms with E-state index in [0.29, 0.717) is 13.2 Å². The van der Waals surface area contributed by atoms with Gasteiger partial charge < -0.3 is 19.5 Å². The van der Waals surface area contributed by atoms with Gasteiger partial charge in [-0.3, -0.25) is 0 Å². The van der Waals surface area contributed by atoms with Crippen LogP contribution in [-0.4, -0.2) is 39.0 Å². The van der Waals surface area contributed by atoms with Crippen LogP contribution in [0.2, 0.25) is 0 Å². The Labute approximate surface area is 121 Å². The second kappa shape index (κ2) is 7.16. The third-order valence-corrected chi connectivity index (χ3v) is 3.31. The molecule has 1 aliphatic heterocycles. The van der Waals surface area contributed by atoms with Crippen molar-refractivity contribution in [3.63, 3.8) is 0 Å². The van der Waals surface area contributed by atoms with Crippen molar-refractivity contribution in [1.82, 2.24) is 5.32 Å². The predicted octanol–water partition coefficient (Wildman–Crippen LogP) is 2.06. The molecule has 1 aliphatic rings. The molecule has 1 fully saturated rings. The lowest BCUT2D eigenvalue weighted by Crippen LogP contribution is -2.41. The standard InChI is InChI=1S/C13H18INO3/c1-2-16-13-7-10(14)3-4-12(13)18-9-11-8-15-5-6-17-11/h3-4,7,11,15H,2,5-6,8-9H2,1H3. The van der Waals surface area contributed by atoms with Gasteiger partial charge in [0.25, 0.3) is 0 Å². The number of ether oxygens (including phenoxy) is 3. The van der Waals surface area contributed by atoms with Crippen LogP contribution in [0.1, 0.15) is 6.92 Å². The normalized spacial score (nSPS) is 19.6. The smallest absolute Gasteiger partial charge is 0.162 e. The third-order valence-electron chi connectivity index (χ3n) is 2.63. The molecular formula is C13H18INO3. The van der Waals surface area contributed by atoms with Crippen LogP contribution < -0.4 is 14.8 Å². The van der Waals surface area contributed by atoms with Crippen molar-refractivity contribution < 1.29 is 14.2 Å². The van der Waals surface area contributed by atoms with E-state index in [-0.39, 0.29) is 6.10 Å². The topological polar surface area (TPSA) is 39.7 Å². The predicted molar refractivity (Wildman–Crippen MR) is 78.4 cm³/mol. The van der Waals surface area contributed by atoms with E-state index < -0.39 is 0 Å². The number of nitrogens with one attached hydrogen (secondary N) is 1. The van der Waals surface area contributed by atoms with Crippen LogP contribution in [0, 0.1) is 3.57 Å². The van der Waals surface area contributed by atoms with E-state index in [1.807, 2.05) is 25.1 Å². The fourth-order valence-electron chi connectivity index (χ4n) is 1.78. The maximum absolute atomic E-state index is 5.79. The van der Waals surface area contributed by atoms with E-state index >= 15 is 0 Å². The molecule has 0 amide bonds. The first kappa shape index (κ1) is 13.9. The minimum absolute atomic E-state index is 0.118. The van der Waals surface area contributed by atoms with E-state index in [9.17, 15) is 0 Å².